The lowest BCUT2D eigenvalue weighted by atomic mass is 9.97. The number of rotatable bonds is 5. The topological polar surface area (TPSA) is 61.4 Å². The number of alkyl halides is 3. The minimum absolute atomic E-state index is 0.0812. The zero-order chi connectivity index (χ0) is 16.4. The van der Waals surface area contributed by atoms with Crippen LogP contribution < -0.4 is 10.6 Å². The molecule has 0 aliphatic heterocycles. The molecule has 1 saturated carbocycles. The van der Waals surface area contributed by atoms with Gasteiger partial charge in [-0.3, -0.25) is 0 Å². The molecule has 0 spiro atoms. The van der Waals surface area contributed by atoms with E-state index in [0.717, 1.165) is 12.8 Å². The second-order valence-electron chi connectivity index (χ2n) is 5.47. The predicted octanol–water partition coefficient (Wildman–Crippen LogP) is 3.58. The van der Waals surface area contributed by atoms with Crippen molar-refractivity contribution in [2.24, 2.45) is 5.92 Å². The van der Waals surface area contributed by atoms with Gasteiger partial charge in [0.1, 0.15) is 0 Å². The van der Waals surface area contributed by atoms with Crippen molar-refractivity contribution < 1.29 is 23.1 Å². The van der Waals surface area contributed by atoms with Crippen LogP contribution in [0, 0.1) is 5.92 Å². The van der Waals surface area contributed by atoms with Gasteiger partial charge in [0.2, 0.25) is 0 Å². The van der Waals surface area contributed by atoms with Gasteiger partial charge in [-0.2, -0.15) is 13.2 Å². The molecule has 0 radical (unpaired) electrons. The lowest BCUT2D eigenvalue weighted by Crippen LogP contribution is -2.52. The minimum atomic E-state index is -4.43. The van der Waals surface area contributed by atoms with Gasteiger partial charge in [0.05, 0.1) is 17.8 Å². The van der Waals surface area contributed by atoms with Crippen LogP contribution in [0.25, 0.3) is 0 Å². The van der Waals surface area contributed by atoms with E-state index in [1.54, 1.807) is 13.0 Å². The lowest BCUT2D eigenvalue weighted by Gasteiger charge is -2.29. The number of aliphatic hydroxyl groups excluding tert-OH is 1. The summed E-state index contributed by atoms with van der Waals surface area (Å²) in [6.45, 7) is 1.50. The number of benzene rings is 1. The molecule has 0 saturated heterocycles. The van der Waals surface area contributed by atoms with Crippen molar-refractivity contribution in [2.45, 2.75) is 35.7 Å². The zero-order valence-electron chi connectivity index (χ0n) is 11.9. The van der Waals surface area contributed by atoms with Crippen LogP contribution in [0.4, 0.5) is 23.7 Å². The summed E-state index contributed by atoms with van der Waals surface area (Å²) < 4.78 is 37.5. The molecular weight excluding hydrogens is 317 g/mol. The summed E-state index contributed by atoms with van der Waals surface area (Å²) in [5, 5.41) is 14.5. The largest absolute Gasteiger partial charge is 0.446 e. The summed E-state index contributed by atoms with van der Waals surface area (Å²) in [5.74, 6) is 0.197. The van der Waals surface area contributed by atoms with Gasteiger partial charge in [0.25, 0.3) is 0 Å². The Bertz CT molecular complexity index is 549. The molecule has 4 nitrogen and oxygen atoms in total. The molecular formula is C14H17F3N2O2S. The standard InChI is InChI=1S/C14H17F3N2O2S/c1-13(8-20,9-6-7-9)19-12(21)18-10-4-2-3-5-11(10)22-14(15,16)17/h2-5,9,20H,6-8H2,1H3,(H2,18,19,21). The highest BCUT2D eigenvalue weighted by Crippen LogP contribution is 2.41. The summed E-state index contributed by atoms with van der Waals surface area (Å²) in [5.41, 5.74) is -5.10. The Morgan fingerprint density at radius 3 is 2.55 bits per heavy atom. The van der Waals surface area contributed by atoms with E-state index in [1.807, 2.05) is 0 Å². The van der Waals surface area contributed by atoms with Crippen molar-refractivity contribution in [1.29, 1.82) is 0 Å². The highest BCUT2D eigenvalue weighted by Gasteiger charge is 2.42. The third kappa shape index (κ3) is 4.54. The maximum atomic E-state index is 12.5. The van der Waals surface area contributed by atoms with Gasteiger partial charge in [0, 0.05) is 4.90 Å². The summed E-state index contributed by atoms with van der Waals surface area (Å²) >= 11 is -0.280. The Kier molecular flexibility index (Phi) is 4.91. The molecule has 1 aromatic rings. The zero-order valence-corrected chi connectivity index (χ0v) is 12.7. The van der Waals surface area contributed by atoms with Gasteiger partial charge in [-0.15, -0.1) is 0 Å². The SMILES string of the molecule is CC(CO)(NC(=O)Nc1ccccc1SC(F)(F)F)C1CC1. The fourth-order valence-corrected chi connectivity index (χ4v) is 2.81. The maximum absolute atomic E-state index is 12.5. The Morgan fingerprint density at radius 2 is 2.00 bits per heavy atom. The summed E-state index contributed by atoms with van der Waals surface area (Å²) in [4.78, 5) is 11.9. The van der Waals surface area contributed by atoms with Crippen LogP contribution in [-0.2, 0) is 0 Å². The van der Waals surface area contributed by atoms with E-state index in [9.17, 15) is 23.1 Å². The van der Waals surface area contributed by atoms with Crippen molar-refractivity contribution in [3.05, 3.63) is 24.3 Å². The van der Waals surface area contributed by atoms with E-state index < -0.39 is 17.1 Å². The maximum Gasteiger partial charge on any atom is 0.446 e. The van der Waals surface area contributed by atoms with Crippen LogP contribution in [0.5, 0.6) is 0 Å². The quantitative estimate of drug-likeness (QED) is 0.721. The fourth-order valence-electron chi connectivity index (χ4n) is 2.19. The normalized spacial score (nSPS) is 17.7. The Balaban J connectivity index is 2.05. The van der Waals surface area contributed by atoms with E-state index in [-0.39, 0.29) is 34.9 Å². The molecule has 1 fully saturated rings. The Morgan fingerprint density at radius 1 is 1.36 bits per heavy atom. The number of anilines is 1. The molecule has 1 aliphatic carbocycles. The van der Waals surface area contributed by atoms with Crippen LogP contribution in [0.1, 0.15) is 19.8 Å². The van der Waals surface area contributed by atoms with Crippen LogP contribution in [-0.4, -0.2) is 28.8 Å². The molecule has 2 amide bonds. The predicted molar refractivity (Wildman–Crippen MR) is 78.7 cm³/mol. The van der Waals surface area contributed by atoms with Crippen LogP contribution >= 0.6 is 11.8 Å². The highest BCUT2D eigenvalue weighted by atomic mass is 32.2. The molecule has 8 heteroatoms. The second kappa shape index (κ2) is 6.37. The number of carbonyl (C=O) groups excluding carboxylic acids is 1. The minimum Gasteiger partial charge on any atom is -0.394 e. The molecule has 1 atom stereocenters. The molecule has 0 aromatic heterocycles. The van der Waals surface area contributed by atoms with Gasteiger partial charge in [0.15, 0.2) is 0 Å². The van der Waals surface area contributed by atoms with E-state index in [0.29, 0.717) is 0 Å². The number of amides is 2. The lowest BCUT2D eigenvalue weighted by molar-refractivity contribution is -0.0328. The number of para-hydroxylation sites is 1. The first-order chi connectivity index (χ1) is 10.2. The summed E-state index contributed by atoms with van der Waals surface area (Å²) in [6, 6.07) is 5.08. The van der Waals surface area contributed by atoms with Crippen molar-refractivity contribution in [2.75, 3.05) is 11.9 Å². The van der Waals surface area contributed by atoms with Crippen LogP contribution in [0.15, 0.2) is 29.2 Å². The van der Waals surface area contributed by atoms with E-state index in [1.165, 1.54) is 18.2 Å². The number of thioether (sulfide) groups is 1. The molecule has 1 unspecified atom stereocenters. The molecule has 3 N–H and O–H groups in total. The summed E-state index contributed by atoms with van der Waals surface area (Å²) in [6.07, 6.45) is 1.83. The third-order valence-electron chi connectivity index (χ3n) is 3.57. The van der Waals surface area contributed by atoms with Crippen molar-refractivity contribution in [1.82, 2.24) is 5.32 Å². The molecule has 2 rings (SSSR count). The van der Waals surface area contributed by atoms with E-state index in [4.69, 9.17) is 0 Å². The van der Waals surface area contributed by atoms with Gasteiger partial charge >= 0.3 is 11.5 Å². The Hall–Kier alpha value is -1.41. The van der Waals surface area contributed by atoms with Crippen molar-refractivity contribution in [3.8, 4) is 0 Å². The first-order valence-electron chi connectivity index (χ1n) is 6.78. The van der Waals surface area contributed by atoms with Crippen LogP contribution in [0.2, 0.25) is 0 Å². The van der Waals surface area contributed by atoms with Crippen molar-refractivity contribution in [3.63, 3.8) is 0 Å². The monoisotopic (exact) mass is 334 g/mol. The Labute approximate surface area is 130 Å². The molecule has 122 valence electrons. The fraction of sp³-hybridized carbons (Fsp3) is 0.500. The van der Waals surface area contributed by atoms with Crippen molar-refractivity contribution >= 4 is 23.5 Å². The average Bonchev–Trinajstić information content (AvgIpc) is 3.24. The molecule has 0 bridgehead atoms. The number of carbonyl (C=O) groups is 1. The first-order valence-corrected chi connectivity index (χ1v) is 7.60. The molecule has 1 aliphatic rings. The number of urea groups is 1. The van der Waals surface area contributed by atoms with Gasteiger partial charge in [-0.05, 0) is 49.6 Å². The molecule has 0 heterocycles. The highest BCUT2D eigenvalue weighted by molar-refractivity contribution is 8.00. The molecule has 1 aromatic carbocycles. The van der Waals surface area contributed by atoms with Gasteiger partial charge in [-0.1, -0.05) is 12.1 Å². The van der Waals surface area contributed by atoms with Gasteiger partial charge in [-0.25, -0.2) is 4.79 Å². The molecule has 22 heavy (non-hydrogen) atoms. The number of halogens is 3. The summed E-state index contributed by atoms with van der Waals surface area (Å²) in [7, 11) is 0. The third-order valence-corrected chi connectivity index (χ3v) is 4.37. The number of hydrogen-bond acceptors (Lipinski definition) is 3. The van der Waals surface area contributed by atoms with E-state index >= 15 is 0 Å². The smallest absolute Gasteiger partial charge is 0.394 e. The van der Waals surface area contributed by atoms with E-state index in [2.05, 4.69) is 10.6 Å². The number of hydrogen-bond donors (Lipinski definition) is 3. The van der Waals surface area contributed by atoms with Gasteiger partial charge < -0.3 is 15.7 Å². The number of nitrogens with one attached hydrogen (secondary N) is 2. The number of aliphatic hydroxyl groups is 1. The second-order valence-corrected chi connectivity index (χ2v) is 6.58. The average molecular weight is 334 g/mol. The van der Waals surface area contributed by atoms with Crippen LogP contribution in [0.3, 0.4) is 0 Å². The first kappa shape index (κ1) is 17.0.